The fourth-order valence-electron chi connectivity index (χ4n) is 3.31. The van der Waals surface area contributed by atoms with Gasteiger partial charge in [0.1, 0.15) is 11.5 Å². The van der Waals surface area contributed by atoms with E-state index in [0.717, 1.165) is 35.5 Å². The Morgan fingerprint density at radius 2 is 1.53 bits per heavy atom. The molecule has 4 rings (SSSR count). The molecule has 0 unspecified atom stereocenters. The molecule has 4 N–H and O–H groups in total. The molecule has 0 spiro atoms. The molecule has 0 atom stereocenters. The Bertz CT molecular complexity index is 1150. The minimum atomic E-state index is -0.0975. The lowest BCUT2D eigenvalue weighted by molar-refractivity contribution is 0.282. The lowest BCUT2D eigenvalue weighted by Gasteiger charge is -2.10. The van der Waals surface area contributed by atoms with Crippen LogP contribution in [0.25, 0.3) is 11.4 Å². The Morgan fingerprint density at radius 1 is 0.812 bits per heavy atom. The first-order chi connectivity index (χ1) is 15.7. The largest absolute Gasteiger partial charge is 0.457 e. The second-order valence-corrected chi connectivity index (χ2v) is 7.25. The van der Waals surface area contributed by atoms with Gasteiger partial charge in [0.2, 0.25) is 11.9 Å². The second-order valence-electron chi connectivity index (χ2n) is 7.25. The van der Waals surface area contributed by atoms with Crippen molar-refractivity contribution in [3.63, 3.8) is 0 Å². The highest BCUT2D eigenvalue weighted by Gasteiger charge is 2.10. The monoisotopic (exact) mass is 427 g/mol. The van der Waals surface area contributed by atoms with Gasteiger partial charge in [-0.3, -0.25) is 0 Å². The predicted octanol–water partition coefficient (Wildman–Crippen LogP) is 4.45. The predicted molar refractivity (Wildman–Crippen MR) is 125 cm³/mol. The Morgan fingerprint density at radius 3 is 2.31 bits per heavy atom. The van der Waals surface area contributed by atoms with Crippen LogP contribution in [0.15, 0.2) is 78.9 Å². The van der Waals surface area contributed by atoms with Gasteiger partial charge >= 0.3 is 0 Å². The van der Waals surface area contributed by atoms with E-state index in [2.05, 4.69) is 32.4 Å². The summed E-state index contributed by atoms with van der Waals surface area (Å²) in [5.74, 6) is 2.64. The Kier molecular flexibility index (Phi) is 6.89. The molecule has 0 aliphatic heterocycles. The lowest BCUT2D eigenvalue weighted by Crippen LogP contribution is -2.10. The van der Waals surface area contributed by atoms with E-state index >= 15 is 0 Å². The van der Waals surface area contributed by atoms with Gasteiger partial charge in [0.15, 0.2) is 5.82 Å². The molecule has 0 radical (unpaired) electrons. The number of rotatable bonds is 9. The number of para-hydroxylation sites is 1. The van der Waals surface area contributed by atoms with Crippen LogP contribution in [0.2, 0.25) is 0 Å². The van der Waals surface area contributed by atoms with Crippen LogP contribution in [0.1, 0.15) is 17.5 Å². The van der Waals surface area contributed by atoms with E-state index in [4.69, 9.17) is 10.5 Å². The summed E-state index contributed by atoms with van der Waals surface area (Å²) in [5.41, 5.74) is 8.58. The zero-order valence-electron chi connectivity index (χ0n) is 17.6. The van der Waals surface area contributed by atoms with E-state index < -0.39 is 0 Å². The molecule has 0 bridgehead atoms. The number of aromatic nitrogens is 3. The number of aliphatic hydroxyl groups is 1. The lowest BCUT2D eigenvalue weighted by atomic mass is 10.1. The van der Waals surface area contributed by atoms with Crippen LogP contribution < -0.4 is 15.8 Å². The summed E-state index contributed by atoms with van der Waals surface area (Å²) in [6, 6.07) is 25.3. The van der Waals surface area contributed by atoms with E-state index in [1.165, 1.54) is 5.56 Å². The number of nitrogen functional groups attached to an aromatic ring is 1. The van der Waals surface area contributed by atoms with E-state index in [9.17, 15) is 5.11 Å². The van der Waals surface area contributed by atoms with Crippen LogP contribution in [0.4, 0.5) is 11.9 Å². The molecule has 3 aromatic carbocycles. The van der Waals surface area contributed by atoms with Gasteiger partial charge in [0.25, 0.3) is 0 Å². The standard InChI is InChI=1S/C25H25N5O2/c26-24-28-23(22-11-5-4-8-19(22)17-31)29-25(30-24)27-16-6-7-18-12-14-21(15-13-18)32-20-9-2-1-3-10-20/h1-5,8-15,31H,6-7,16-17H2,(H3,26,27,28,29,30). The van der Waals surface area contributed by atoms with Crippen molar-refractivity contribution in [2.24, 2.45) is 0 Å². The van der Waals surface area contributed by atoms with Crippen molar-refractivity contribution in [2.75, 3.05) is 17.6 Å². The van der Waals surface area contributed by atoms with Crippen molar-refractivity contribution in [1.29, 1.82) is 0 Å². The van der Waals surface area contributed by atoms with Crippen molar-refractivity contribution in [3.05, 3.63) is 90.0 Å². The van der Waals surface area contributed by atoms with Gasteiger partial charge in [-0.2, -0.15) is 15.0 Å². The van der Waals surface area contributed by atoms with Crippen LogP contribution in [0, 0.1) is 0 Å². The minimum absolute atomic E-state index is 0.0975. The third-order valence-corrected chi connectivity index (χ3v) is 4.91. The number of anilines is 2. The van der Waals surface area contributed by atoms with E-state index in [-0.39, 0.29) is 12.6 Å². The summed E-state index contributed by atoms with van der Waals surface area (Å²) in [7, 11) is 0. The van der Waals surface area contributed by atoms with Crippen LogP contribution in [-0.4, -0.2) is 26.6 Å². The highest BCUT2D eigenvalue weighted by Crippen LogP contribution is 2.23. The van der Waals surface area contributed by atoms with Crippen molar-refractivity contribution >= 4 is 11.9 Å². The van der Waals surface area contributed by atoms with Gasteiger partial charge in [0.05, 0.1) is 6.61 Å². The quantitative estimate of drug-likeness (QED) is 0.339. The van der Waals surface area contributed by atoms with Gasteiger partial charge in [0, 0.05) is 12.1 Å². The van der Waals surface area contributed by atoms with Crippen molar-refractivity contribution in [2.45, 2.75) is 19.4 Å². The minimum Gasteiger partial charge on any atom is -0.457 e. The number of nitrogens with zero attached hydrogens (tertiary/aromatic N) is 3. The van der Waals surface area contributed by atoms with Crippen LogP contribution in [0.5, 0.6) is 11.5 Å². The maximum atomic E-state index is 9.56. The molecule has 0 amide bonds. The van der Waals surface area contributed by atoms with Gasteiger partial charge < -0.3 is 20.9 Å². The number of benzene rings is 3. The smallest absolute Gasteiger partial charge is 0.228 e. The number of ether oxygens (including phenoxy) is 1. The molecule has 0 saturated carbocycles. The fourth-order valence-corrected chi connectivity index (χ4v) is 3.31. The zero-order valence-corrected chi connectivity index (χ0v) is 17.6. The van der Waals surface area contributed by atoms with Crippen LogP contribution >= 0.6 is 0 Å². The van der Waals surface area contributed by atoms with Crippen molar-refractivity contribution < 1.29 is 9.84 Å². The summed E-state index contributed by atoms with van der Waals surface area (Å²) >= 11 is 0. The Balaban J connectivity index is 1.31. The average Bonchev–Trinajstić information content (AvgIpc) is 2.83. The molecule has 0 fully saturated rings. The molecule has 7 heteroatoms. The Labute approximate surface area is 187 Å². The molecule has 4 aromatic rings. The van der Waals surface area contributed by atoms with Crippen molar-refractivity contribution in [3.8, 4) is 22.9 Å². The van der Waals surface area contributed by atoms with E-state index in [0.29, 0.717) is 18.3 Å². The summed E-state index contributed by atoms with van der Waals surface area (Å²) in [6.07, 6.45) is 1.80. The number of nitrogens with one attached hydrogen (secondary N) is 1. The molecule has 0 aliphatic carbocycles. The molecule has 7 nitrogen and oxygen atoms in total. The molecular formula is C25H25N5O2. The highest BCUT2D eigenvalue weighted by molar-refractivity contribution is 5.62. The van der Waals surface area contributed by atoms with Gasteiger partial charge in [-0.05, 0) is 48.2 Å². The maximum absolute atomic E-state index is 9.56. The molecular weight excluding hydrogens is 402 g/mol. The first-order valence-corrected chi connectivity index (χ1v) is 10.5. The maximum Gasteiger partial charge on any atom is 0.228 e. The SMILES string of the molecule is Nc1nc(NCCCc2ccc(Oc3ccccc3)cc2)nc(-c2ccccc2CO)n1. The number of aryl methyl sites for hydroxylation is 1. The number of hydrogen-bond acceptors (Lipinski definition) is 7. The zero-order chi connectivity index (χ0) is 22.2. The number of hydrogen-bond donors (Lipinski definition) is 3. The topological polar surface area (TPSA) is 106 Å². The summed E-state index contributed by atoms with van der Waals surface area (Å²) < 4.78 is 5.83. The molecule has 32 heavy (non-hydrogen) atoms. The first kappa shape index (κ1) is 21.3. The van der Waals surface area contributed by atoms with E-state index in [1.807, 2.05) is 66.7 Å². The highest BCUT2D eigenvalue weighted by atomic mass is 16.5. The first-order valence-electron chi connectivity index (χ1n) is 10.5. The molecule has 0 saturated heterocycles. The second kappa shape index (κ2) is 10.4. The van der Waals surface area contributed by atoms with Crippen LogP contribution in [0.3, 0.4) is 0 Å². The van der Waals surface area contributed by atoms with E-state index in [1.54, 1.807) is 0 Å². The van der Waals surface area contributed by atoms with Crippen molar-refractivity contribution in [1.82, 2.24) is 15.0 Å². The number of aliphatic hydroxyl groups excluding tert-OH is 1. The summed E-state index contributed by atoms with van der Waals surface area (Å²) in [6.45, 7) is 0.590. The Hall–Kier alpha value is -3.97. The van der Waals surface area contributed by atoms with Crippen LogP contribution in [-0.2, 0) is 13.0 Å². The third kappa shape index (κ3) is 5.59. The van der Waals surface area contributed by atoms with Gasteiger partial charge in [-0.25, -0.2) is 0 Å². The normalized spacial score (nSPS) is 10.7. The van der Waals surface area contributed by atoms with Gasteiger partial charge in [-0.1, -0.05) is 54.6 Å². The molecule has 1 aromatic heterocycles. The fraction of sp³-hybridized carbons (Fsp3) is 0.160. The number of nitrogens with two attached hydrogens (primary N) is 1. The summed E-state index contributed by atoms with van der Waals surface area (Å²) in [5, 5.41) is 12.8. The molecule has 1 heterocycles. The molecule has 0 aliphatic rings. The third-order valence-electron chi connectivity index (χ3n) is 4.91. The average molecular weight is 428 g/mol. The van der Waals surface area contributed by atoms with Gasteiger partial charge in [-0.15, -0.1) is 0 Å². The molecule has 162 valence electrons. The summed E-state index contributed by atoms with van der Waals surface area (Å²) in [4.78, 5) is 12.9.